The second kappa shape index (κ2) is 5.21. The van der Waals surface area contributed by atoms with Crippen LogP contribution in [0.4, 0.5) is 0 Å². The van der Waals surface area contributed by atoms with Crippen molar-refractivity contribution in [3.8, 4) is 0 Å². The molecular formula is C11H15N3O2S2. The van der Waals surface area contributed by atoms with Gasteiger partial charge >= 0.3 is 0 Å². The van der Waals surface area contributed by atoms with E-state index in [0.717, 1.165) is 17.0 Å². The molecule has 2 aromatic rings. The first-order chi connectivity index (χ1) is 8.50. The number of nitrogens with zero attached hydrogens (tertiary/aromatic N) is 1. The smallest absolute Gasteiger partial charge is 0.250 e. The Kier molecular flexibility index (Phi) is 3.84. The standard InChI is InChI=1S/C11H15N3O2S2/c1-8-10(9(2)14-13-8)5-6-12-18(15,16)11-4-3-7-17-11/h3-4,7,12H,5-6H2,1-2H3,(H,13,14). The van der Waals surface area contributed by atoms with E-state index in [-0.39, 0.29) is 0 Å². The maximum absolute atomic E-state index is 11.9. The zero-order valence-corrected chi connectivity index (χ0v) is 11.9. The lowest BCUT2D eigenvalue weighted by Crippen LogP contribution is -2.25. The van der Waals surface area contributed by atoms with Gasteiger partial charge in [0.25, 0.3) is 0 Å². The lowest BCUT2D eigenvalue weighted by Gasteiger charge is -2.04. The van der Waals surface area contributed by atoms with E-state index < -0.39 is 10.0 Å². The summed E-state index contributed by atoms with van der Waals surface area (Å²) < 4.78 is 26.7. The zero-order chi connectivity index (χ0) is 13.2. The topological polar surface area (TPSA) is 74.8 Å². The van der Waals surface area contributed by atoms with Gasteiger partial charge in [0, 0.05) is 12.2 Å². The second-order valence-electron chi connectivity index (χ2n) is 3.99. The highest BCUT2D eigenvalue weighted by atomic mass is 32.2. The van der Waals surface area contributed by atoms with Crippen LogP contribution in [0.2, 0.25) is 0 Å². The molecule has 0 aliphatic heterocycles. The second-order valence-corrected chi connectivity index (χ2v) is 6.93. The van der Waals surface area contributed by atoms with Gasteiger partial charge in [0.1, 0.15) is 4.21 Å². The number of hydrogen-bond donors (Lipinski definition) is 2. The number of hydrogen-bond acceptors (Lipinski definition) is 4. The SMILES string of the molecule is Cc1n[nH]c(C)c1CCNS(=O)(=O)c1cccs1. The normalized spacial score (nSPS) is 11.9. The fraction of sp³-hybridized carbons (Fsp3) is 0.364. The Hall–Kier alpha value is -1.18. The largest absolute Gasteiger partial charge is 0.282 e. The number of nitrogens with one attached hydrogen (secondary N) is 2. The predicted octanol–water partition coefficient (Wildman–Crippen LogP) is 1.61. The maximum atomic E-state index is 11.9. The molecule has 98 valence electrons. The summed E-state index contributed by atoms with van der Waals surface area (Å²) in [6.07, 6.45) is 0.638. The van der Waals surface area contributed by atoms with E-state index in [0.29, 0.717) is 17.2 Å². The van der Waals surface area contributed by atoms with Crippen LogP contribution in [-0.4, -0.2) is 25.2 Å². The van der Waals surface area contributed by atoms with E-state index in [1.807, 2.05) is 13.8 Å². The number of thiophene rings is 1. The minimum absolute atomic E-state index is 0.350. The number of sulfonamides is 1. The van der Waals surface area contributed by atoms with Crippen LogP contribution in [0.1, 0.15) is 17.0 Å². The molecule has 0 aliphatic carbocycles. The van der Waals surface area contributed by atoms with Crippen LogP contribution >= 0.6 is 11.3 Å². The highest BCUT2D eigenvalue weighted by Crippen LogP contribution is 2.15. The van der Waals surface area contributed by atoms with Crippen LogP contribution in [0.25, 0.3) is 0 Å². The molecule has 2 heterocycles. The quantitative estimate of drug-likeness (QED) is 0.876. The zero-order valence-electron chi connectivity index (χ0n) is 10.2. The predicted molar refractivity (Wildman–Crippen MR) is 71.3 cm³/mol. The van der Waals surface area contributed by atoms with Gasteiger partial charge < -0.3 is 0 Å². The van der Waals surface area contributed by atoms with Crippen molar-refractivity contribution in [3.05, 3.63) is 34.5 Å². The monoisotopic (exact) mass is 285 g/mol. The Labute approximate surface area is 110 Å². The van der Waals surface area contributed by atoms with Crippen molar-refractivity contribution in [1.82, 2.24) is 14.9 Å². The number of aromatic nitrogens is 2. The van der Waals surface area contributed by atoms with Crippen LogP contribution < -0.4 is 4.72 Å². The molecule has 0 fully saturated rings. The Morgan fingerprint density at radius 2 is 2.22 bits per heavy atom. The van der Waals surface area contributed by atoms with Gasteiger partial charge in [-0.25, -0.2) is 13.1 Å². The van der Waals surface area contributed by atoms with Gasteiger partial charge in [-0.05, 0) is 37.3 Å². The average molecular weight is 285 g/mol. The fourth-order valence-electron chi connectivity index (χ4n) is 1.74. The van der Waals surface area contributed by atoms with Crippen molar-refractivity contribution in [3.63, 3.8) is 0 Å². The van der Waals surface area contributed by atoms with Crippen molar-refractivity contribution in [2.24, 2.45) is 0 Å². The molecule has 2 N–H and O–H groups in total. The van der Waals surface area contributed by atoms with Gasteiger partial charge in [-0.1, -0.05) is 6.07 Å². The third-order valence-electron chi connectivity index (χ3n) is 2.71. The summed E-state index contributed by atoms with van der Waals surface area (Å²) in [5, 5.41) is 8.72. The van der Waals surface area contributed by atoms with Gasteiger partial charge in [-0.2, -0.15) is 5.10 Å². The highest BCUT2D eigenvalue weighted by molar-refractivity contribution is 7.91. The third-order valence-corrected chi connectivity index (χ3v) is 5.57. The molecule has 0 spiro atoms. The van der Waals surface area contributed by atoms with E-state index >= 15 is 0 Å². The van der Waals surface area contributed by atoms with Crippen molar-refractivity contribution in [2.75, 3.05) is 6.54 Å². The van der Waals surface area contributed by atoms with Crippen molar-refractivity contribution in [1.29, 1.82) is 0 Å². The Morgan fingerprint density at radius 1 is 1.44 bits per heavy atom. The van der Waals surface area contributed by atoms with Gasteiger partial charge in [0.05, 0.1) is 5.69 Å². The van der Waals surface area contributed by atoms with Crippen molar-refractivity contribution in [2.45, 2.75) is 24.5 Å². The Morgan fingerprint density at radius 3 is 2.78 bits per heavy atom. The van der Waals surface area contributed by atoms with Crippen molar-refractivity contribution >= 4 is 21.4 Å². The van der Waals surface area contributed by atoms with Gasteiger partial charge in [-0.15, -0.1) is 11.3 Å². The number of H-pyrrole nitrogens is 1. The molecule has 0 saturated heterocycles. The number of rotatable bonds is 5. The lowest BCUT2D eigenvalue weighted by molar-refractivity contribution is 0.583. The molecule has 0 radical (unpaired) electrons. The molecular weight excluding hydrogens is 270 g/mol. The molecule has 0 saturated carbocycles. The maximum Gasteiger partial charge on any atom is 0.250 e. The van der Waals surface area contributed by atoms with Crippen LogP contribution in [0.15, 0.2) is 21.7 Å². The first kappa shape index (κ1) is 13.3. The average Bonchev–Trinajstić information content (AvgIpc) is 2.93. The lowest BCUT2D eigenvalue weighted by atomic mass is 10.1. The minimum atomic E-state index is -3.36. The van der Waals surface area contributed by atoms with E-state index in [1.54, 1.807) is 17.5 Å². The molecule has 18 heavy (non-hydrogen) atoms. The van der Waals surface area contributed by atoms with Crippen molar-refractivity contribution < 1.29 is 8.42 Å². The molecule has 5 nitrogen and oxygen atoms in total. The van der Waals surface area contributed by atoms with E-state index in [2.05, 4.69) is 14.9 Å². The van der Waals surface area contributed by atoms with Crippen LogP contribution in [0.3, 0.4) is 0 Å². The van der Waals surface area contributed by atoms with Gasteiger partial charge in [0.15, 0.2) is 0 Å². The van der Waals surface area contributed by atoms with Gasteiger partial charge in [0.2, 0.25) is 10.0 Å². The molecule has 0 unspecified atom stereocenters. The van der Waals surface area contributed by atoms with E-state index in [9.17, 15) is 8.42 Å². The minimum Gasteiger partial charge on any atom is -0.282 e. The Bertz CT molecular complexity index is 595. The first-order valence-corrected chi connectivity index (χ1v) is 7.90. The molecule has 0 aliphatic rings. The van der Waals surface area contributed by atoms with Gasteiger partial charge in [-0.3, -0.25) is 5.10 Å². The molecule has 0 atom stereocenters. The summed E-state index contributed by atoms with van der Waals surface area (Å²) in [5.74, 6) is 0. The summed E-state index contributed by atoms with van der Waals surface area (Å²) in [6.45, 7) is 4.22. The molecule has 7 heteroatoms. The summed E-state index contributed by atoms with van der Waals surface area (Å²) >= 11 is 1.22. The van der Waals surface area contributed by atoms with E-state index in [1.165, 1.54) is 11.3 Å². The molecule has 0 amide bonds. The summed E-state index contributed by atoms with van der Waals surface area (Å²) in [4.78, 5) is 0. The fourth-order valence-corrected chi connectivity index (χ4v) is 3.81. The highest BCUT2D eigenvalue weighted by Gasteiger charge is 2.15. The molecule has 2 aromatic heterocycles. The first-order valence-electron chi connectivity index (χ1n) is 5.54. The molecule has 2 rings (SSSR count). The molecule has 0 bridgehead atoms. The summed E-state index contributed by atoms with van der Waals surface area (Å²) in [7, 11) is -3.36. The van der Waals surface area contributed by atoms with E-state index in [4.69, 9.17) is 0 Å². The summed E-state index contributed by atoms with van der Waals surface area (Å²) in [6, 6.07) is 3.32. The number of aryl methyl sites for hydroxylation is 2. The number of aromatic amines is 1. The molecule has 0 aromatic carbocycles. The Balaban J connectivity index is 1.98. The van der Waals surface area contributed by atoms with Crippen LogP contribution in [0, 0.1) is 13.8 Å². The van der Waals surface area contributed by atoms with Crippen LogP contribution in [-0.2, 0) is 16.4 Å². The third kappa shape index (κ3) is 2.80. The van der Waals surface area contributed by atoms with Crippen LogP contribution in [0.5, 0.6) is 0 Å². The summed E-state index contributed by atoms with van der Waals surface area (Å²) in [5.41, 5.74) is 2.98.